The molecule has 3 heterocycles. The van der Waals surface area contributed by atoms with Crippen molar-refractivity contribution in [3.8, 4) is 23.0 Å². The summed E-state index contributed by atoms with van der Waals surface area (Å²) in [5, 5.41) is 11.8. The Hall–Kier alpha value is -4.14. The fourth-order valence-electron chi connectivity index (χ4n) is 4.15. The van der Waals surface area contributed by atoms with Crippen LogP contribution in [0, 0.1) is 5.82 Å². The second-order valence-electron chi connectivity index (χ2n) is 8.77. The van der Waals surface area contributed by atoms with Gasteiger partial charge in [-0.25, -0.2) is 9.37 Å². The van der Waals surface area contributed by atoms with Gasteiger partial charge in [0, 0.05) is 18.2 Å². The van der Waals surface area contributed by atoms with Gasteiger partial charge >= 0.3 is 0 Å². The molecule has 3 aromatic heterocycles. The zero-order valence-electron chi connectivity index (χ0n) is 19.4. The Labute approximate surface area is 202 Å². The number of rotatable bonds is 7. The Balaban J connectivity index is 1.40. The number of aromatic nitrogens is 5. The molecule has 0 radical (unpaired) electrons. The van der Waals surface area contributed by atoms with E-state index in [9.17, 15) is 9.18 Å². The molecule has 178 valence electrons. The molecule has 9 heteroatoms. The maximum Gasteiger partial charge on any atom is 0.270 e. The van der Waals surface area contributed by atoms with Crippen LogP contribution in [0.3, 0.4) is 0 Å². The standard InChI is InChI=1S/C26H25FN6O2/c1-16(2)35-19-10-11-21(29-15-19)25-32-31-24(33(25)23-9-4-3-7-20(23)27)17-13-18(14-17)30-26(34)22-8-5-6-12-28-22/h3-12,15-18H,13-14H2,1-2H3,(H,30,34). The van der Waals surface area contributed by atoms with Crippen molar-refractivity contribution < 1.29 is 13.9 Å². The Morgan fingerprint density at radius 1 is 1.06 bits per heavy atom. The van der Waals surface area contributed by atoms with E-state index >= 15 is 0 Å². The zero-order chi connectivity index (χ0) is 24.4. The van der Waals surface area contributed by atoms with Crippen LogP contribution in [-0.2, 0) is 0 Å². The van der Waals surface area contributed by atoms with Crippen LogP contribution in [0.4, 0.5) is 4.39 Å². The molecule has 0 atom stereocenters. The average Bonchev–Trinajstić information content (AvgIpc) is 3.26. The normalized spacial score (nSPS) is 17.1. The summed E-state index contributed by atoms with van der Waals surface area (Å²) in [6.45, 7) is 3.89. The molecule has 0 unspecified atom stereocenters. The number of hydrogen-bond acceptors (Lipinski definition) is 6. The minimum atomic E-state index is -0.381. The lowest BCUT2D eigenvalue weighted by atomic mass is 9.79. The molecule has 1 N–H and O–H groups in total. The molecule has 1 amide bonds. The summed E-state index contributed by atoms with van der Waals surface area (Å²) in [5.41, 5.74) is 1.29. The van der Waals surface area contributed by atoms with Gasteiger partial charge in [0.1, 0.15) is 28.8 Å². The average molecular weight is 473 g/mol. The first-order valence-electron chi connectivity index (χ1n) is 11.5. The molecule has 35 heavy (non-hydrogen) atoms. The summed E-state index contributed by atoms with van der Waals surface area (Å²) in [4.78, 5) is 21.0. The lowest BCUT2D eigenvalue weighted by molar-refractivity contribution is 0.0902. The highest BCUT2D eigenvalue weighted by Gasteiger charge is 2.36. The van der Waals surface area contributed by atoms with Crippen molar-refractivity contribution in [1.29, 1.82) is 0 Å². The molecule has 5 rings (SSSR count). The summed E-state index contributed by atoms with van der Waals surface area (Å²) in [6, 6.07) is 15.3. The number of carbonyl (C=O) groups excluding carboxylic acids is 1. The smallest absolute Gasteiger partial charge is 0.270 e. The minimum Gasteiger partial charge on any atom is -0.489 e. The fourth-order valence-corrected chi connectivity index (χ4v) is 4.15. The van der Waals surface area contributed by atoms with Crippen LogP contribution in [0.2, 0.25) is 0 Å². The lowest BCUT2D eigenvalue weighted by Gasteiger charge is -2.35. The Morgan fingerprint density at radius 3 is 2.54 bits per heavy atom. The number of pyridine rings is 2. The maximum absolute atomic E-state index is 14.9. The van der Waals surface area contributed by atoms with Crippen molar-refractivity contribution in [2.24, 2.45) is 0 Å². The van der Waals surface area contributed by atoms with E-state index in [1.54, 1.807) is 59.4 Å². The van der Waals surface area contributed by atoms with Gasteiger partial charge in [0.05, 0.1) is 18.0 Å². The number of carbonyl (C=O) groups is 1. The number of nitrogens with one attached hydrogen (secondary N) is 1. The Kier molecular flexibility index (Phi) is 6.22. The number of para-hydroxylation sites is 1. The van der Waals surface area contributed by atoms with Crippen molar-refractivity contribution in [3.05, 3.63) is 84.3 Å². The van der Waals surface area contributed by atoms with E-state index in [4.69, 9.17) is 4.74 Å². The summed E-state index contributed by atoms with van der Waals surface area (Å²) >= 11 is 0. The molecule has 0 spiro atoms. The van der Waals surface area contributed by atoms with Gasteiger partial charge in [-0.2, -0.15) is 0 Å². The zero-order valence-corrected chi connectivity index (χ0v) is 19.4. The molecule has 0 bridgehead atoms. The van der Waals surface area contributed by atoms with Crippen molar-refractivity contribution >= 4 is 5.91 Å². The van der Waals surface area contributed by atoms with E-state index in [0.717, 1.165) is 0 Å². The molecule has 0 aliphatic heterocycles. The third-order valence-electron chi connectivity index (χ3n) is 5.85. The van der Waals surface area contributed by atoms with Gasteiger partial charge < -0.3 is 10.1 Å². The number of nitrogens with zero attached hydrogens (tertiary/aromatic N) is 5. The number of benzene rings is 1. The molecule has 8 nitrogen and oxygen atoms in total. The van der Waals surface area contributed by atoms with Gasteiger partial charge in [-0.1, -0.05) is 18.2 Å². The topological polar surface area (TPSA) is 94.8 Å². The van der Waals surface area contributed by atoms with Crippen LogP contribution in [0.5, 0.6) is 5.75 Å². The van der Waals surface area contributed by atoms with Crippen LogP contribution >= 0.6 is 0 Å². The lowest BCUT2D eigenvalue weighted by Crippen LogP contribution is -2.44. The molecule has 1 fully saturated rings. The largest absolute Gasteiger partial charge is 0.489 e. The monoisotopic (exact) mass is 472 g/mol. The summed E-state index contributed by atoms with van der Waals surface area (Å²) < 4.78 is 22.3. The van der Waals surface area contributed by atoms with Crippen molar-refractivity contribution in [3.63, 3.8) is 0 Å². The highest BCUT2D eigenvalue weighted by atomic mass is 19.1. The quantitative estimate of drug-likeness (QED) is 0.430. The predicted octanol–water partition coefficient (Wildman–Crippen LogP) is 4.33. The summed E-state index contributed by atoms with van der Waals surface area (Å²) in [7, 11) is 0. The molecule has 1 aromatic carbocycles. The van der Waals surface area contributed by atoms with Gasteiger partial charge in [0.15, 0.2) is 5.82 Å². The van der Waals surface area contributed by atoms with Crippen LogP contribution < -0.4 is 10.1 Å². The van der Waals surface area contributed by atoms with E-state index in [2.05, 4.69) is 25.5 Å². The SMILES string of the molecule is CC(C)Oc1ccc(-c2nnc(C3CC(NC(=O)c4ccccn4)C3)n2-c2ccccc2F)nc1. The molecular formula is C26H25FN6O2. The van der Waals surface area contributed by atoms with Gasteiger partial charge in [-0.05, 0) is 63.1 Å². The van der Waals surface area contributed by atoms with Gasteiger partial charge in [0.2, 0.25) is 0 Å². The Morgan fingerprint density at radius 2 is 1.86 bits per heavy atom. The van der Waals surface area contributed by atoms with E-state index in [-0.39, 0.29) is 29.8 Å². The fraction of sp³-hybridized carbons (Fsp3) is 0.269. The van der Waals surface area contributed by atoms with Crippen LogP contribution in [0.25, 0.3) is 17.2 Å². The molecule has 0 saturated heterocycles. The van der Waals surface area contributed by atoms with Crippen LogP contribution in [0.15, 0.2) is 67.0 Å². The number of hydrogen-bond donors (Lipinski definition) is 1. The van der Waals surface area contributed by atoms with E-state index in [1.807, 2.05) is 19.9 Å². The van der Waals surface area contributed by atoms with E-state index < -0.39 is 0 Å². The van der Waals surface area contributed by atoms with Crippen molar-refractivity contribution in [1.82, 2.24) is 30.0 Å². The van der Waals surface area contributed by atoms with Crippen molar-refractivity contribution in [2.75, 3.05) is 0 Å². The summed E-state index contributed by atoms with van der Waals surface area (Å²) in [5.74, 6) is 1.15. The highest BCUT2D eigenvalue weighted by molar-refractivity contribution is 5.92. The van der Waals surface area contributed by atoms with Crippen LogP contribution in [0.1, 0.15) is 48.9 Å². The minimum absolute atomic E-state index is 0.00781. The van der Waals surface area contributed by atoms with Gasteiger partial charge in [-0.3, -0.25) is 14.3 Å². The molecule has 1 aliphatic rings. The van der Waals surface area contributed by atoms with Crippen LogP contribution in [-0.4, -0.2) is 42.8 Å². The molecular weight excluding hydrogens is 447 g/mol. The highest BCUT2D eigenvalue weighted by Crippen LogP contribution is 2.39. The third kappa shape index (κ3) is 4.75. The first-order chi connectivity index (χ1) is 17.0. The maximum atomic E-state index is 14.9. The third-order valence-corrected chi connectivity index (χ3v) is 5.85. The number of ether oxygens (including phenoxy) is 1. The summed E-state index contributed by atoms with van der Waals surface area (Å²) in [6.07, 6.45) is 4.58. The predicted molar refractivity (Wildman–Crippen MR) is 128 cm³/mol. The molecule has 1 aliphatic carbocycles. The second kappa shape index (κ2) is 9.61. The Bertz CT molecular complexity index is 1320. The molecule has 4 aromatic rings. The molecule has 1 saturated carbocycles. The first kappa shape index (κ1) is 22.6. The van der Waals surface area contributed by atoms with E-state index in [0.29, 0.717) is 47.3 Å². The second-order valence-corrected chi connectivity index (χ2v) is 8.77. The van der Waals surface area contributed by atoms with Gasteiger partial charge in [-0.15, -0.1) is 10.2 Å². The first-order valence-corrected chi connectivity index (χ1v) is 11.5. The van der Waals surface area contributed by atoms with E-state index in [1.165, 1.54) is 6.07 Å². The van der Waals surface area contributed by atoms with Gasteiger partial charge in [0.25, 0.3) is 5.91 Å². The number of halogens is 1. The number of amides is 1. The van der Waals surface area contributed by atoms with Crippen molar-refractivity contribution in [2.45, 2.75) is 44.8 Å².